The normalized spacial score (nSPS) is 22.6. The number of nitrogens with zero attached hydrogens (tertiary/aromatic N) is 2. The number of aromatic nitrogens is 2. The van der Waals surface area contributed by atoms with E-state index in [2.05, 4.69) is 23.4 Å². The number of aryl methyl sites for hydroxylation is 2. The molecule has 0 spiro atoms. The van der Waals surface area contributed by atoms with Crippen LogP contribution in [-0.4, -0.2) is 28.5 Å². The van der Waals surface area contributed by atoms with Crippen LogP contribution in [0.4, 0.5) is 0 Å². The molecule has 0 aromatic carbocycles. The Bertz CT molecular complexity index is 342. The molecule has 2 rings (SSSR count). The van der Waals surface area contributed by atoms with Crippen molar-refractivity contribution in [1.82, 2.24) is 15.1 Å². The van der Waals surface area contributed by atoms with Crippen molar-refractivity contribution in [1.29, 1.82) is 0 Å². The lowest BCUT2D eigenvalue weighted by Gasteiger charge is -2.19. The molecule has 90 valence electrons. The summed E-state index contributed by atoms with van der Waals surface area (Å²) in [4.78, 5) is 0. The molecule has 1 aromatic heterocycles. The van der Waals surface area contributed by atoms with Gasteiger partial charge in [0.1, 0.15) is 0 Å². The third-order valence-corrected chi connectivity index (χ3v) is 3.23. The van der Waals surface area contributed by atoms with Gasteiger partial charge in [0.15, 0.2) is 0 Å². The summed E-state index contributed by atoms with van der Waals surface area (Å²) in [5.74, 6) is 0. The summed E-state index contributed by atoms with van der Waals surface area (Å²) < 4.78 is 7.59. The van der Waals surface area contributed by atoms with Gasteiger partial charge in [0.05, 0.1) is 17.5 Å². The second-order valence-electron chi connectivity index (χ2n) is 4.62. The molecule has 2 unspecified atom stereocenters. The van der Waals surface area contributed by atoms with E-state index in [1.807, 2.05) is 18.7 Å². The molecular formula is C12H21N3O. The first-order valence-electron chi connectivity index (χ1n) is 6.01. The monoisotopic (exact) mass is 223 g/mol. The van der Waals surface area contributed by atoms with Crippen LogP contribution in [-0.2, 0) is 18.3 Å². The van der Waals surface area contributed by atoms with Gasteiger partial charge in [-0.1, -0.05) is 0 Å². The second-order valence-corrected chi connectivity index (χ2v) is 4.62. The van der Waals surface area contributed by atoms with Crippen molar-refractivity contribution in [2.45, 2.75) is 45.4 Å². The van der Waals surface area contributed by atoms with Gasteiger partial charge in [-0.15, -0.1) is 0 Å². The van der Waals surface area contributed by atoms with Gasteiger partial charge in [0.2, 0.25) is 0 Å². The number of rotatable bonds is 4. The Morgan fingerprint density at radius 2 is 2.50 bits per heavy atom. The minimum absolute atomic E-state index is 0.384. The van der Waals surface area contributed by atoms with Crippen LogP contribution >= 0.6 is 0 Å². The molecule has 0 saturated carbocycles. The van der Waals surface area contributed by atoms with Crippen LogP contribution in [0.1, 0.15) is 31.2 Å². The Morgan fingerprint density at radius 1 is 1.69 bits per heavy atom. The van der Waals surface area contributed by atoms with E-state index < -0.39 is 0 Å². The highest BCUT2D eigenvalue weighted by atomic mass is 16.5. The molecule has 0 amide bonds. The maximum atomic E-state index is 5.65. The van der Waals surface area contributed by atoms with E-state index in [1.54, 1.807) is 0 Å². The number of hydrogen-bond donors (Lipinski definition) is 1. The van der Waals surface area contributed by atoms with E-state index in [4.69, 9.17) is 4.74 Å². The molecule has 1 N–H and O–H groups in total. The maximum absolute atomic E-state index is 5.65. The lowest BCUT2D eigenvalue weighted by molar-refractivity contribution is 0.0830. The second kappa shape index (κ2) is 4.97. The summed E-state index contributed by atoms with van der Waals surface area (Å²) >= 11 is 0. The van der Waals surface area contributed by atoms with Crippen LogP contribution in [0.2, 0.25) is 0 Å². The van der Waals surface area contributed by atoms with Gasteiger partial charge >= 0.3 is 0 Å². The van der Waals surface area contributed by atoms with Gasteiger partial charge < -0.3 is 10.1 Å². The van der Waals surface area contributed by atoms with Crippen LogP contribution in [0.3, 0.4) is 0 Å². The third-order valence-electron chi connectivity index (χ3n) is 3.23. The molecule has 2 atom stereocenters. The molecule has 1 aromatic rings. The zero-order valence-corrected chi connectivity index (χ0v) is 10.4. The first-order chi connectivity index (χ1) is 7.66. The fraction of sp³-hybridized carbons (Fsp3) is 0.750. The molecule has 0 bridgehead atoms. The minimum Gasteiger partial charge on any atom is -0.377 e. The molecular weight excluding hydrogens is 202 g/mol. The van der Waals surface area contributed by atoms with Crippen molar-refractivity contribution in [2.24, 2.45) is 7.05 Å². The summed E-state index contributed by atoms with van der Waals surface area (Å²) in [5, 5.41) is 7.84. The van der Waals surface area contributed by atoms with Crippen LogP contribution in [0.25, 0.3) is 0 Å². The minimum atomic E-state index is 0.384. The van der Waals surface area contributed by atoms with Gasteiger partial charge in [0.25, 0.3) is 0 Å². The molecule has 0 radical (unpaired) electrons. The van der Waals surface area contributed by atoms with Gasteiger partial charge in [0, 0.05) is 26.2 Å². The highest BCUT2D eigenvalue weighted by Crippen LogP contribution is 2.15. The highest BCUT2D eigenvalue weighted by molar-refractivity contribution is 5.08. The van der Waals surface area contributed by atoms with E-state index in [1.165, 1.54) is 18.5 Å². The summed E-state index contributed by atoms with van der Waals surface area (Å²) in [6, 6.07) is 2.53. The Hall–Kier alpha value is -0.870. The van der Waals surface area contributed by atoms with Crippen LogP contribution in [0.5, 0.6) is 0 Å². The van der Waals surface area contributed by atoms with Crippen molar-refractivity contribution < 1.29 is 4.74 Å². The zero-order chi connectivity index (χ0) is 11.5. The summed E-state index contributed by atoms with van der Waals surface area (Å²) in [5.41, 5.74) is 2.30. The Kier molecular flexibility index (Phi) is 3.61. The third kappa shape index (κ3) is 2.62. The van der Waals surface area contributed by atoms with Crippen LogP contribution in [0, 0.1) is 6.92 Å². The van der Waals surface area contributed by atoms with Crippen molar-refractivity contribution >= 4 is 0 Å². The molecule has 1 fully saturated rings. The summed E-state index contributed by atoms with van der Waals surface area (Å²) in [6.07, 6.45) is 2.76. The molecule has 16 heavy (non-hydrogen) atoms. The number of ether oxygens (including phenoxy) is 1. The lowest BCUT2D eigenvalue weighted by atomic mass is 10.1. The number of hydrogen-bond acceptors (Lipinski definition) is 3. The van der Waals surface area contributed by atoms with Gasteiger partial charge in [-0.3, -0.25) is 4.68 Å². The molecule has 1 saturated heterocycles. The molecule has 0 aliphatic carbocycles. The average Bonchev–Trinajstić information content (AvgIpc) is 2.84. The van der Waals surface area contributed by atoms with E-state index in [0.717, 1.165) is 18.8 Å². The first kappa shape index (κ1) is 11.6. The molecule has 4 nitrogen and oxygen atoms in total. The predicted molar refractivity (Wildman–Crippen MR) is 63.2 cm³/mol. The van der Waals surface area contributed by atoms with E-state index in [0.29, 0.717) is 12.1 Å². The number of nitrogens with one attached hydrogen (secondary N) is 1. The van der Waals surface area contributed by atoms with Gasteiger partial charge in [-0.2, -0.15) is 5.10 Å². The fourth-order valence-corrected chi connectivity index (χ4v) is 2.22. The summed E-state index contributed by atoms with van der Waals surface area (Å²) in [7, 11) is 1.99. The fourth-order valence-electron chi connectivity index (χ4n) is 2.22. The van der Waals surface area contributed by atoms with E-state index in [9.17, 15) is 0 Å². The van der Waals surface area contributed by atoms with Crippen molar-refractivity contribution in [2.75, 3.05) is 6.61 Å². The molecule has 2 heterocycles. The summed E-state index contributed by atoms with van der Waals surface area (Å²) in [6.45, 7) is 5.99. The van der Waals surface area contributed by atoms with Crippen LogP contribution in [0.15, 0.2) is 6.07 Å². The quantitative estimate of drug-likeness (QED) is 0.838. The zero-order valence-electron chi connectivity index (χ0n) is 10.4. The van der Waals surface area contributed by atoms with Crippen molar-refractivity contribution in [3.05, 3.63) is 17.5 Å². The standard InChI is InChI=1S/C12H21N3O/c1-9-7-11(15(3)14-9)8-13-10(2)12-5-4-6-16-12/h7,10,12-13H,4-6,8H2,1-3H3. The smallest absolute Gasteiger partial charge is 0.0726 e. The molecule has 1 aliphatic rings. The Morgan fingerprint density at radius 3 is 3.06 bits per heavy atom. The predicted octanol–water partition coefficient (Wildman–Crippen LogP) is 1.39. The lowest BCUT2D eigenvalue weighted by Crippen LogP contribution is -2.36. The maximum Gasteiger partial charge on any atom is 0.0726 e. The first-order valence-corrected chi connectivity index (χ1v) is 6.01. The largest absolute Gasteiger partial charge is 0.377 e. The van der Waals surface area contributed by atoms with Crippen LogP contribution < -0.4 is 5.32 Å². The van der Waals surface area contributed by atoms with Gasteiger partial charge in [-0.05, 0) is 32.8 Å². The van der Waals surface area contributed by atoms with Crippen molar-refractivity contribution in [3.8, 4) is 0 Å². The average molecular weight is 223 g/mol. The molecule has 4 heteroatoms. The van der Waals surface area contributed by atoms with Crippen molar-refractivity contribution in [3.63, 3.8) is 0 Å². The SMILES string of the molecule is Cc1cc(CNC(C)C2CCCO2)n(C)n1. The Balaban J connectivity index is 1.84. The highest BCUT2D eigenvalue weighted by Gasteiger charge is 2.21. The van der Waals surface area contributed by atoms with Gasteiger partial charge in [-0.25, -0.2) is 0 Å². The van der Waals surface area contributed by atoms with E-state index in [-0.39, 0.29) is 0 Å². The topological polar surface area (TPSA) is 39.1 Å². The molecule has 1 aliphatic heterocycles. The van der Waals surface area contributed by atoms with E-state index >= 15 is 0 Å². The Labute approximate surface area is 97.0 Å².